The van der Waals surface area contributed by atoms with Crippen molar-refractivity contribution in [3.8, 4) is 5.75 Å². The van der Waals surface area contributed by atoms with Crippen molar-refractivity contribution in [3.05, 3.63) is 101 Å². The molecule has 3 aromatic carbocycles. The van der Waals surface area contributed by atoms with E-state index in [1.54, 1.807) is 48.2 Å². The van der Waals surface area contributed by atoms with Crippen molar-refractivity contribution >= 4 is 29.2 Å². The predicted octanol–water partition coefficient (Wildman–Crippen LogP) is 6.17. The first-order valence-electron chi connectivity index (χ1n) is 10.4. The number of Topliss-reactive ketones (excluding diaryl/α,β-unsaturated/α-hetero) is 1. The Kier molecular flexibility index (Phi) is 5.35. The zero-order chi connectivity index (χ0) is 21.2. The van der Waals surface area contributed by atoms with Gasteiger partial charge in [0.05, 0.1) is 16.5 Å². The molecule has 0 unspecified atom stereocenters. The fraction of sp³-hybridized carbons (Fsp3) is 0.154. The zero-order valence-electron chi connectivity index (χ0n) is 16.8. The van der Waals surface area contributed by atoms with Crippen LogP contribution in [0.25, 0.3) is 0 Å². The van der Waals surface area contributed by atoms with Gasteiger partial charge in [0.1, 0.15) is 5.75 Å². The van der Waals surface area contributed by atoms with E-state index in [9.17, 15) is 9.59 Å². The van der Waals surface area contributed by atoms with Crippen molar-refractivity contribution in [3.63, 3.8) is 0 Å². The maximum Gasteiger partial charge on any atom is 0.343 e. The van der Waals surface area contributed by atoms with E-state index in [2.05, 4.69) is 17.4 Å². The number of allylic oxidation sites excluding steroid dienone is 1. The number of anilines is 1. The van der Waals surface area contributed by atoms with Crippen molar-refractivity contribution in [1.29, 1.82) is 0 Å². The summed E-state index contributed by atoms with van der Waals surface area (Å²) in [7, 11) is 0. The molecular formula is C26H21NO3S. The van der Waals surface area contributed by atoms with Crippen LogP contribution >= 0.6 is 11.8 Å². The van der Waals surface area contributed by atoms with Crippen LogP contribution in [0.3, 0.4) is 0 Å². The van der Waals surface area contributed by atoms with Crippen molar-refractivity contribution < 1.29 is 14.3 Å². The van der Waals surface area contributed by atoms with E-state index in [1.807, 2.05) is 30.3 Å². The molecule has 1 atom stereocenters. The van der Waals surface area contributed by atoms with Crippen LogP contribution in [-0.4, -0.2) is 11.8 Å². The predicted molar refractivity (Wildman–Crippen MR) is 122 cm³/mol. The van der Waals surface area contributed by atoms with Gasteiger partial charge in [0.2, 0.25) is 0 Å². The van der Waals surface area contributed by atoms with E-state index in [0.29, 0.717) is 17.7 Å². The molecule has 0 fully saturated rings. The van der Waals surface area contributed by atoms with E-state index in [1.165, 1.54) is 0 Å². The number of esters is 1. The largest absolute Gasteiger partial charge is 0.423 e. The molecule has 0 spiro atoms. The lowest BCUT2D eigenvalue weighted by Crippen LogP contribution is -2.19. The molecule has 4 nitrogen and oxygen atoms in total. The van der Waals surface area contributed by atoms with Gasteiger partial charge in [-0.05, 0) is 54.8 Å². The molecule has 0 radical (unpaired) electrons. The van der Waals surface area contributed by atoms with Crippen LogP contribution in [0.15, 0.2) is 95.0 Å². The number of nitrogens with one attached hydrogen (secondary N) is 1. The SMILES string of the molecule is O=C1CCCC2=C1[C@@H](c1ccc(OC(=O)c3ccccc3)cc1)Sc1ccccc1N2. The topological polar surface area (TPSA) is 55.4 Å². The second kappa shape index (κ2) is 8.44. The molecule has 0 aromatic heterocycles. The van der Waals surface area contributed by atoms with Crippen LogP contribution < -0.4 is 10.1 Å². The molecular weight excluding hydrogens is 406 g/mol. The molecule has 1 aliphatic carbocycles. The maximum absolute atomic E-state index is 12.9. The summed E-state index contributed by atoms with van der Waals surface area (Å²) in [6, 6.07) is 24.6. The van der Waals surface area contributed by atoms with Crippen LogP contribution in [0.2, 0.25) is 0 Å². The lowest BCUT2D eigenvalue weighted by molar-refractivity contribution is -0.116. The van der Waals surface area contributed by atoms with Gasteiger partial charge in [-0.2, -0.15) is 0 Å². The Morgan fingerprint density at radius 1 is 0.903 bits per heavy atom. The molecule has 31 heavy (non-hydrogen) atoms. The molecule has 1 heterocycles. The Bertz CT molecular complexity index is 1170. The van der Waals surface area contributed by atoms with Crippen LogP contribution in [0.5, 0.6) is 5.75 Å². The van der Waals surface area contributed by atoms with Gasteiger partial charge in [0.15, 0.2) is 5.78 Å². The third kappa shape index (κ3) is 4.01. The smallest absolute Gasteiger partial charge is 0.343 e. The molecule has 5 rings (SSSR count). The number of thioether (sulfide) groups is 1. The van der Waals surface area contributed by atoms with Crippen LogP contribution in [0, 0.1) is 0 Å². The minimum absolute atomic E-state index is 0.0992. The Hall–Kier alpha value is -3.31. The maximum atomic E-state index is 12.9. The summed E-state index contributed by atoms with van der Waals surface area (Å²) in [5, 5.41) is 3.42. The number of hydrogen-bond acceptors (Lipinski definition) is 5. The molecule has 0 bridgehead atoms. The third-order valence-electron chi connectivity index (χ3n) is 5.54. The Morgan fingerprint density at radius 3 is 2.45 bits per heavy atom. The summed E-state index contributed by atoms with van der Waals surface area (Å²) in [5.41, 5.74) is 4.47. The normalized spacial score (nSPS) is 17.8. The third-order valence-corrected chi connectivity index (χ3v) is 6.89. The fourth-order valence-electron chi connectivity index (χ4n) is 4.00. The van der Waals surface area contributed by atoms with Gasteiger partial charge >= 0.3 is 5.97 Å². The Balaban J connectivity index is 1.45. The molecule has 0 saturated carbocycles. The molecule has 1 aliphatic heterocycles. The summed E-state index contributed by atoms with van der Waals surface area (Å²) in [5.74, 6) is 0.306. The number of ether oxygens (including phenoxy) is 1. The molecule has 5 heteroatoms. The highest BCUT2D eigenvalue weighted by molar-refractivity contribution is 8.00. The Morgan fingerprint density at radius 2 is 1.65 bits per heavy atom. The van der Waals surface area contributed by atoms with Gasteiger partial charge in [-0.1, -0.05) is 42.5 Å². The average Bonchev–Trinajstić information content (AvgIpc) is 2.98. The highest BCUT2D eigenvalue weighted by Gasteiger charge is 2.32. The van der Waals surface area contributed by atoms with E-state index in [4.69, 9.17) is 4.74 Å². The second-order valence-corrected chi connectivity index (χ2v) is 8.76. The standard InChI is InChI=1S/C26H21NO3S/c28-22-11-6-10-21-24(22)25(31-23-12-5-4-9-20(23)27-21)17-13-15-19(16-14-17)30-26(29)18-7-2-1-3-8-18/h1-5,7-9,12-16,25,27H,6,10-11H2/t25-/m1/s1. The fourth-order valence-corrected chi connectivity index (χ4v) is 5.35. The number of rotatable bonds is 3. The number of carbonyl (C=O) groups excluding carboxylic acids is 2. The average molecular weight is 428 g/mol. The molecule has 3 aromatic rings. The highest BCUT2D eigenvalue weighted by Crippen LogP contribution is 2.49. The van der Waals surface area contributed by atoms with Crippen molar-refractivity contribution in [2.45, 2.75) is 29.4 Å². The molecule has 154 valence electrons. The highest BCUT2D eigenvalue weighted by atomic mass is 32.2. The summed E-state index contributed by atoms with van der Waals surface area (Å²) in [4.78, 5) is 26.4. The van der Waals surface area contributed by atoms with Gasteiger partial charge in [-0.15, -0.1) is 11.8 Å². The second-order valence-electron chi connectivity index (χ2n) is 7.61. The van der Waals surface area contributed by atoms with Gasteiger partial charge in [0, 0.05) is 22.6 Å². The van der Waals surface area contributed by atoms with E-state index < -0.39 is 0 Å². The molecule has 0 saturated heterocycles. The summed E-state index contributed by atoms with van der Waals surface area (Å²) >= 11 is 1.69. The Labute approximate surface area is 185 Å². The summed E-state index contributed by atoms with van der Waals surface area (Å²) < 4.78 is 5.51. The van der Waals surface area contributed by atoms with Crippen molar-refractivity contribution in [2.24, 2.45) is 0 Å². The first kappa shape index (κ1) is 19.6. The van der Waals surface area contributed by atoms with Crippen LogP contribution in [0.4, 0.5) is 5.69 Å². The van der Waals surface area contributed by atoms with Crippen LogP contribution in [-0.2, 0) is 4.79 Å². The number of benzene rings is 3. The van der Waals surface area contributed by atoms with Crippen LogP contribution in [0.1, 0.15) is 40.4 Å². The molecule has 0 amide bonds. The van der Waals surface area contributed by atoms with Crippen molar-refractivity contribution in [2.75, 3.05) is 5.32 Å². The molecule has 2 aliphatic rings. The van der Waals surface area contributed by atoms with E-state index in [0.717, 1.165) is 40.3 Å². The number of fused-ring (bicyclic) bond motifs is 1. The van der Waals surface area contributed by atoms with Gasteiger partial charge < -0.3 is 10.1 Å². The number of carbonyl (C=O) groups is 2. The summed E-state index contributed by atoms with van der Waals surface area (Å²) in [6.07, 6.45) is 2.33. The van der Waals surface area contributed by atoms with Gasteiger partial charge in [-0.25, -0.2) is 4.79 Å². The van der Waals surface area contributed by atoms with Gasteiger partial charge in [0.25, 0.3) is 0 Å². The minimum Gasteiger partial charge on any atom is -0.423 e. The number of hydrogen-bond donors (Lipinski definition) is 1. The summed E-state index contributed by atoms with van der Waals surface area (Å²) in [6.45, 7) is 0. The first-order chi connectivity index (χ1) is 15.2. The zero-order valence-corrected chi connectivity index (χ0v) is 17.7. The number of para-hydroxylation sites is 1. The van der Waals surface area contributed by atoms with Crippen molar-refractivity contribution in [1.82, 2.24) is 0 Å². The van der Waals surface area contributed by atoms with Gasteiger partial charge in [-0.3, -0.25) is 4.79 Å². The lowest BCUT2D eigenvalue weighted by atomic mass is 9.89. The molecule has 1 N–H and O–H groups in total. The quantitative estimate of drug-likeness (QED) is 0.400. The van der Waals surface area contributed by atoms with E-state index in [-0.39, 0.29) is 17.0 Å². The monoisotopic (exact) mass is 427 g/mol. The number of ketones is 1. The van der Waals surface area contributed by atoms with E-state index >= 15 is 0 Å². The first-order valence-corrected chi connectivity index (χ1v) is 11.2. The lowest BCUT2D eigenvalue weighted by Gasteiger charge is -2.24. The minimum atomic E-state index is -0.386.